The lowest BCUT2D eigenvalue weighted by atomic mass is 10.2. The number of nitrogens with two attached hydrogens (primary N) is 1. The fourth-order valence-electron chi connectivity index (χ4n) is 0.694. The summed E-state index contributed by atoms with van der Waals surface area (Å²) in [7, 11) is 0. The van der Waals surface area contributed by atoms with Gasteiger partial charge in [-0.25, -0.2) is 8.78 Å². The number of benzene rings is 1. The van der Waals surface area contributed by atoms with Gasteiger partial charge in [-0.15, -0.1) is 0 Å². The quantitative estimate of drug-likeness (QED) is 0.494. The van der Waals surface area contributed by atoms with Crippen LogP contribution >= 0.6 is 0 Å². The van der Waals surface area contributed by atoms with Crippen LogP contribution in [0, 0.1) is 11.6 Å². The molecule has 0 saturated heterocycles. The Morgan fingerprint density at radius 2 is 2.00 bits per heavy atom. The first-order chi connectivity index (χ1) is 5.16. The molecule has 0 spiro atoms. The van der Waals surface area contributed by atoms with Gasteiger partial charge in [0.1, 0.15) is 5.82 Å². The highest BCUT2D eigenvalue weighted by Crippen LogP contribution is 2.15. The molecule has 1 aromatic carbocycles. The molecule has 1 rings (SSSR count). The third-order valence-corrected chi connectivity index (χ3v) is 1.27. The zero-order valence-electron chi connectivity index (χ0n) is 5.47. The number of hydrogen-bond donors (Lipinski definition) is 1. The molecule has 0 bridgehead atoms. The molecule has 0 radical (unpaired) electrons. The number of carbonyl (C=O) groups excluding carboxylic acids is 1. The summed E-state index contributed by atoms with van der Waals surface area (Å²) in [5, 5.41) is 0. The van der Waals surface area contributed by atoms with Crippen LogP contribution < -0.4 is 5.73 Å². The van der Waals surface area contributed by atoms with Gasteiger partial charge in [0.25, 0.3) is 0 Å². The van der Waals surface area contributed by atoms with E-state index in [-0.39, 0.29) is 12.0 Å². The third kappa shape index (κ3) is 1.19. The van der Waals surface area contributed by atoms with E-state index >= 15 is 0 Å². The standard InChI is InChI=1S/C7H5F2NO/c8-5-1-2-6(10)7(9)4(5)3-11/h1-3H,10H2. The number of halogens is 2. The largest absolute Gasteiger partial charge is 0.396 e. The van der Waals surface area contributed by atoms with Crippen molar-refractivity contribution >= 4 is 12.0 Å². The summed E-state index contributed by atoms with van der Waals surface area (Å²) in [6.07, 6.45) is 0.0982. The number of carbonyl (C=O) groups is 1. The van der Waals surface area contributed by atoms with Crippen LogP contribution in [0.15, 0.2) is 12.1 Å². The smallest absolute Gasteiger partial charge is 0.159 e. The molecule has 0 aliphatic heterocycles. The zero-order valence-corrected chi connectivity index (χ0v) is 5.47. The van der Waals surface area contributed by atoms with Crippen molar-refractivity contribution < 1.29 is 13.6 Å². The second kappa shape index (κ2) is 2.65. The minimum Gasteiger partial charge on any atom is -0.396 e. The van der Waals surface area contributed by atoms with Gasteiger partial charge in [-0.2, -0.15) is 0 Å². The lowest BCUT2D eigenvalue weighted by Gasteiger charge is -1.98. The number of aldehydes is 1. The molecular weight excluding hydrogens is 152 g/mol. The molecule has 11 heavy (non-hydrogen) atoms. The summed E-state index contributed by atoms with van der Waals surface area (Å²) in [6.45, 7) is 0. The fourth-order valence-corrected chi connectivity index (χ4v) is 0.694. The summed E-state index contributed by atoms with van der Waals surface area (Å²) in [4.78, 5) is 10.1. The van der Waals surface area contributed by atoms with Crippen molar-refractivity contribution in [3.8, 4) is 0 Å². The average Bonchev–Trinajstić information content (AvgIpc) is 1.99. The normalized spacial score (nSPS) is 9.64. The van der Waals surface area contributed by atoms with Crippen molar-refractivity contribution in [1.82, 2.24) is 0 Å². The Morgan fingerprint density at radius 1 is 1.36 bits per heavy atom. The van der Waals surface area contributed by atoms with Crippen molar-refractivity contribution in [2.45, 2.75) is 0 Å². The van der Waals surface area contributed by atoms with Crippen LogP contribution in [0.3, 0.4) is 0 Å². The third-order valence-electron chi connectivity index (χ3n) is 1.27. The first kappa shape index (κ1) is 7.65. The topological polar surface area (TPSA) is 43.1 Å². The van der Waals surface area contributed by atoms with E-state index in [9.17, 15) is 13.6 Å². The van der Waals surface area contributed by atoms with Crippen molar-refractivity contribution in [3.63, 3.8) is 0 Å². The van der Waals surface area contributed by atoms with E-state index < -0.39 is 17.2 Å². The summed E-state index contributed by atoms with van der Waals surface area (Å²) in [5.41, 5.74) is 4.22. The van der Waals surface area contributed by atoms with Crippen molar-refractivity contribution in [3.05, 3.63) is 29.3 Å². The molecule has 1 aromatic rings. The molecular formula is C7H5F2NO. The Bertz CT molecular complexity index is 299. The maximum atomic E-state index is 12.7. The summed E-state index contributed by atoms with van der Waals surface area (Å²) >= 11 is 0. The molecule has 0 atom stereocenters. The second-order valence-electron chi connectivity index (χ2n) is 1.98. The predicted octanol–water partition coefficient (Wildman–Crippen LogP) is 1.36. The molecule has 0 unspecified atom stereocenters. The first-order valence-corrected chi connectivity index (χ1v) is 2.85. The number of rotatable bonds is 1. The van der Waals surface area contributed by atoms with E-state index in [1.165, 1.54) is 0 Å². The van der Waals surface area contributed by atoms with Crippen molar-refractivity contribution in [2.24, 2.45) is 0 Å². The van der Waals surface area contributed by atoms with E-state index in [0.29, 0.717) is 0 Å². The van der Waals surface area contributed by atoms with Gasteiger partial charge in [0, 0.05) is 0 Å². The molecule has 0 fully saturated rings. The van der Waals surface area contributed by atoms with Crippen LogP contribution in [0.25, 0.3) is 0 Å². The van der Waals surface area contributed by atoms with Crippen LogP contribution in [-0.2, 0) is 0 Å². The zero-order chi connectivity index (χ0) is 8.43. The van der Waals surface area contributed by atoms with Crippen LogP contribution in [0.4, 0.5) is 14.5 Å². The lowest BCUT2D eigenvalue weighted by Crippen LogP contribution is -1.98. The Kier molecular flexibility index (Phi) is 1.85. The molecule has 0 heterocycles. The summed E-state index contributed by atoms with van der Waals surface area (Å²) < 4.78 is 25.2. The molecule has 2 N–H and O–H groups in total. The monoisotopic (exact) mass is 157 g/mol. The Labute approximate surface area is 61.6 Å². The maximum absolute atomic E-state index is 12.7. The maximum Gasteiger partial charge on any atom is 0.159 e. The fraction of sp³-hybridized carbons (Fsp3) is 0. The van der Waals surface area contributed by atoms with Gasteiger partial charge in [-0.1, -0.05) is 0 Å². The van der Waals surface area contributed by atoms with Gasteiger partial charge < -0.3 is 5.73 Å². The van der Waals surface area contributed by atoms with Gasteiger partial charge in [-0.05, 0) is 12.1 Å². The minimum atomic E-state index is -1.000. The van der Waals surface area contributed by atoms with E-state index in [1.54, 1.807) is 0 Å². The first-order valence-electron chi connectivity index (χ1n) is 2.85. The van der Waals surface area contributed by atoms with Crippen LogP contribution in [-0.4, -0.2) is 6.29 Å². The average molecular weight is 157 g/mol. The Balaban J connectivity index is 3.40. The van der Waals surface area contributed by atoms with Crippen molar-refractivity contribution in [2.75, 3.05) is 5.73 Å². The second-order valence-corrected chi connectivity index (χ2v) is 1.98. The molecule has 2 nitrogen and oxygen atoms in total. The van der Waals surface area contributed by atoms with E-state index in [2.05, 4.69) is 0 Å². The molecule has 0 saturated carbocycles. The summed E-state index contributed by atoms with van der Waals surface area (Å²) in [6, 6.07) is 2.01. The Hall–Kier alpha value is -1.45. The van der Waals surface area contributed by atoms with E-state index in [1.807, 2.05) is 0 Å². The van der Waals surface area contributed by atoms with E-state index in [4.69, 9.17) is 5.73 Å². The number of nitrogen functional groups attached to an aromatic ring is 1. The van der Waals surface area contributed by atoms with Gasteiger partial charge >= 0.3 is 0 Å². The number of hydrogen-bond acceptors (Lipinski definition) is 2. The predicted molar refractivity (Wildman–Crippen MR) is 36.2 cm³/mol. The molecule has 0 aromatic heterocycles. The van der Waals surface area contributed by atoms with Gasteiger partial charge in [0.05, 0.1) is 11.3 Å². The highest BCUT2D eigenvalue weighted by Gasteiger charge is 2.09. The molecule has 4 heteroatoms. The van der Waals surface area contributed by atoms with Crippen molar-refractivity contribution in [1.29, 1.82) is 0 Å². The highest BCUT2D eigenvalue weighted by molar-refractivity contribution is 5.77. The highest BCUT2D eigenvalue weighted by atomic mass is 19.1. The van der Waals surface area contributed by atoms with Crippen LogP contribution in [0.1, 0.15) is 10.4 Å². The number of anilines is 1. The molecule has 58 valence electrons. The SMILES string of the molecule is Nc1ccc(F)c(C=O)c1F. The van der Waals surface area contributed by atoms with E-state index in [0.717, 1.165) is 12.1 Å². The van der Waals surface area contributed by atoms with Gasteiger partial charge in [0.2, 0.25) is 0 Å². The minimum absolute atomic E-state index is 0.0982. The Morgan fingerprint density at radius 3 is 2.45 bits per heavy atom. The summed E-state index contributed by atoms with van der Waals surface area (Å²) in [5.74, 6) is -1.90. The molecule has 0 aliphatic carbocycles. The lowest BCUT2D eigenvalue weighted by molar-refractivity contribution is 0.111. The molecule has 0 aliphatic rings. The van der Waals surface area contributed by atoms with Crippen LogP contribution in [0.2, 0.25) is 0 Å². The van der Waals surface area contributed by atoms with Crippen LogP contribution in [0.5, 0.6) is 0 Å². The van der Waals surface area contributed by atoms with Gasteiger partial charge in [-0.3, -0.25) is 4.79 Å². The van der Waals surface area contributed by atoms with Gasteiger partial charge in [0.15, 0.2) is 12.1 Å². The molecule has 0 amide bonds.